The van der Waals surface area contributed by atoms with Gasteiger partial charge in [0.05, 0.1) is 11.4 Å². The number of hydrogen-bond acceptors (Lipinski definition) is 3. The first-order valence-corrected chi connectivity index (χ1v) is 6.23. The molecule has 0 atom stereocenters. The Kier molecular flexibility index (Phi) is 2.37. The van der Waals surface area contributed by atoms with Crippen LogP contribution < -0.4 is 4.90 Å². The first-order chi connectivity index (χ1) is 8.27. The van der Waals surface area contributed by atoms with E-state index in [9.17, 15) is 9.59 Å². The van der Waals surface area contributed by atoms with Crippen molar-refractivity contribution >= 4 is 39.4 Å². The maximum Gasteiger partial charge on any atom is 0.293 e. The maximum atomic E-state index is 11.7. The van der Waals surface area contributed by atoms with Crippen molar-refractivity contribution in [3.63, 3.8) is 0 Å². The monoisotopic (exact) mass is 243 g/mol. The molecule has 1 aliphatic heterocycles. The summed E-state index contributed by atoms with van der Waals surface area (Å²) in [6, 6.07) is 13.4. The topological polar surface area (TPSA) is 37.4 Å². The summed E-state index contributed by atoms with van der Waals surface area (Å²) in [5.74, 6) is 0.0959. The molecule has 2 aromatic rings. The van der Waals surface area contributed by atoms with Gasteiger partial charge in [-0.15, -0.1) is 0 Å². The lowest BCUT2D eigenvalue weighted by molar-refractivity contribution is -0.115. The Labute approximate surface area is 102 Å². The van der Waals surface area contributed by atoms with Crippen LogP contribution in [0.4, 0.5) is 10.5 Å². The molecule has 3 rings (SSSR count). The molecular weight excluding hydrogens is 234 g/mol. The fraction of sp³-hybridized carbons (Fsp3) is 0.0769. The lowest BCUT2D eigenvalue weighted by Gasteiger charge is -2.15. The average molecular weight is 243 g/mol. The van der Waals surface area contributed by atoms with Crippen LogP contribution in [0.2, 0.25) is 0 Å². The molecule has 0 bridgehead atoms. The highest BCUT2D eigenvalue weighted by Crippen LogP contribution is 2.32. The van der Waals surface area contributed by atoms with Crippen molar-refractivity contribution in [2.75, 3.05) is 10.7 Å². The van der Waals surface area contributed by atoms with E-state index in [0.717, 1.165) is 22.5 Å². The van der Waals surface area contributed by atoms with Crippen molar-refractivity contribution in [1.29, 1.82) is 0 Å². The maximum absolute atomic E-state index is 11.7. The summed E-state index contributed by atoms with van der Waals surface area (Å²) in [6.07, 6.45) is 0. The predicted molar refractivity (Wildman–Crippen MR) is 69.3 cm³/mol. The summed E-state index contributed by atoms with van der Waals surface area (Å²) in [5.41, 5.74) is 0.683. The molecule has 1 fully saturated rings. The van der Waals surface area contributed by atoms with Gasteiger partial charge in [0, 0.05) is 5.39 Å². The standard InChI is InChI=1S/C13H9NO2S/c15-12-8-17-13(16)14(12)11-7-3-5-9-4-1-2-6-10(9)11/h1-7H,8H2. The first kappa shape index (κ1) is 10.4. The molecule has 1 saturated heterocycles. The van der Waals surface area contributed by atoms with E-state index < -0.39 is 0 Å². The van der Waals surface area contributed by atoms with Crippen molar-refractivity contribution in [1.82, 2.24) is 0 Å². The third-order valence-corrected chi connectivity index (χ3v) is 3.58. The Balaban J connectivity index is 2.23. The van der Waals surface area contributed by atoms with Gasteiger partial charge in [-0.25, -0.2) is 4.90 Å². The zero-order chi connectivity index (χ0) is 11.8. The van der Waals surface area contributed by atoms with Gasteiger partial charge in [-0.1, -0.05) is 48.2 Å². The van der Waals surface area contributed by atoms with Crippen molar-refractivity contribution in [3.05, 3.63) is 42.5 Å². The minimum absolute atomic E-state index is 0.142. The predicted octanol–water partition coefficient (Wildman–Crippen LogP) is 3.04. The van der Waals surface area contributed by atoms with Gasteiger partial charge in [0.2, 0.25) is 5.91 Å². The molecule has 2 aromatic carbocycles. The smallest absolute Gasteiger partial charge is 0.273 e. The lowest BCUT2D eigenvalue weighted by atomic mass is 10.1. The highest BCUT2D eigenvalue weighted by Gasteiger charge is 2.32. The van der Waals surface area contributed by atoms with Crippen LogP contribution in [-0.2, 0) is 4.79 Å². The third kappa shape index (κ3) is 1.61. The molecular formula is C13H9NO2S. The first-order valence-electron chi connectivity index (χ1n) is 5.25. The van der Waals surface area contributed by atoms with Crippen molar-refractivity contribution < 1.29 is 9.59 Å². The van der Waals surface area contributed by atoms with Gasteiger partial charge in [0.25, 0.3) is 5.24 Å². The summed E-state index contributed by atoms with van der Waals surface area (Å²) >= 11 is 1.05. The number of carbonyl (C=O) groups excluding carboxylic acids is 2. The minimum Gasteiger partial charge on any atom is -0.273 e. The number of carbonyl (C=O) groups is 2. The molecule has 1 aliphatic rings. The molecule has 0 radical (unpaired) electrons. The number of imide groups is 1. The summed E-state index contributed by atoms with van der Waals surface area (Å²) in [7, 11) is 0. The van der Waals surface area contributed by atoms with E-state index in [1.54, 1.807) is 0 Å². The molecule has 0 aromatic heterocycles. The normalized spacial score (nSPS) is 15.9. The van der Waals surface area contributed by atoms with E-state index in [1.807, 2.05) is 42.5 Å². The fourth-order valence-electron chi connectivity index (χ4n) is 1.99. The van der Waals surface area contributed by atoms with Crippen molar-refractivity contribution in [2.45, 2.75) is 0 Å². The van der Waals surface area contributed by atoms with Gasteiger partial charge in [0.1, 0.15) is 0 Å². The second-order valence-corrected chi connectivity index (χ2v) is 4.71. The van der Waals surface area contributed by atoms with Gasteiger partial charge in [-0.05, 0) is 11.5 Å². The van der Waals surface area contributed by atoms with E-state index >= 15 is 0 Å². The number of rotatable bonds is 1. The lowest BCUT2D eigenvalue weighted by Crippen LogP contribution is -2.28. The average Bonchev–Trinajstić information content (AvgIpc) is 2.69. The molecule has 0 unspecified atom stereocenters. The molecule has 0 saturated carbocycles. The largest absolute Gasteiger partial charge is 0.293 e. The minimum atomic E-state index is -0.189. The number of amides is 2. The molecule has 4 heteroatoms. The summed E-state index contributed by atoms with van der Waals surface area (Å²) in [5, 5.41) is 1.77. The van der Waals surface area contributed by atoms with Crippen LogP contribution in [0.25, 0.3) is 10.8 Å². The molecule has 0 aliphatic carbocycles. The molecule has 0 spiro atoms. The second kappa shape index (κ2) is 3.89. The Hall–Kier alpha value is -1.81. The van der Waals surface area contributed by atoms with Crippen LogP contribution in [0, 0.1) is 0 Å². The highest BCUT2D eigenvalue weighted by molar-refractivity contribution is 8.15. The van der Waals surface area contributed by atoms with E-state index in [4.69, 9.17) is 0 Å². The number of nitrogens with zero attached hydrogens (tertiary/aromatic N) is 1. The van der Waals surface area contributed by atoms with E-state index in [2.05, 4.69) is 0 Å². The van der Waals surface area contributed by atoms with Gasteiger partial charge < -0.3 is 0 Å². The molecule has 3 nitrogen and oxygen atoms in total. The fourth-order valence-corrected chi connectivity index (χ4v) is 2.70. The van der Waals surface area contributed by atoms with Crippen LogP contribution in [-0.4, -0.2) is 16.9 Å². The number of thioether (sulfide) groups is 1. The van der Waals surface area contributed by atoms with E-state index in [1.165, 1.54) is 4.90 Å². The third-order valence-electron chi connectivity index (χ3n) is 2.76. The highest BCUT2D eigenvalue weighted by atomic mass is 32.2. The van der Waals surface area contributed by atoms with E-state index in [-0.39, 0.29) is 16.9 Å². The molecule has 84 valence electrons. The Morgan fingerprint density at radius 2 is 1.76 bits per heavy atom. The zero-order valence-corrected chi connectivity index (χ0v) is 9.74. The van der Waals surface area contributed by atoms with Crippen LogP contribution in [0.1, 0.15) is 0 Å². The number of hydrogen-bond donors (Lipinski definition) is 0. The second-order valence-electron chi connectivity index (χ2n) is 3.78. The zero-order valence-electron chi connectivity index (χ0n) is 8.92. The summed E-state index contributed by atoms with van der Waals surface area (Å²) < 4.78 is 0. The van der Waals surface area contributed by atoms with Gasteiger partial charge in [-0.2, -0.15) is 0 Å². The van der Waals surface area contributed by atoms with E-state index in [0.29, 0.717) is 5.69 Å². The Bertz CT molecular complexity index is 602. The quantitative estimate of drug-likeness (QED) is 0.772. The van der Waals surface area contributed by atoms with Crippen LogP contribution in [0.3, 0.4) is 0 Å². The summed E-state index contributed by atoms with van der Waals surface area (Å²) in [4.78, 5) is 24.7. The van der Waals surface area contributed by atoms with Crippen LogP contribution in [0.5, 0.6) is 0 Å². The molecule has 0 N–H and O–H groups in total. The van der Waals surface area contributed by atoms with Gasteiger partial charge in [-0.3, -0.25) is 9.59 Å². The van der Waals surface area contributed by atoms with Gasteiger partial charge >= 0.3 is 0 Å². The summed E-state index contributed by atoms with van der Waals surface area (Å²) in [6.45, 7) is 0. The molecule has 2 amide bonds. The number of fused-ring (bicyclic) bond motifs is 1. The number of anilines is 1. The Morgan fingerprint density at radius 3 is 2.53 bits per heavy atom. The number of benzene rings is 2. The molecule has 17 heavy (non-hydrogen) atoms. The Morgan fingerprint density at radius 1 is 1.00 bits per heavy atom. The van der Waals surface area contributed by atoms with Crippen molar-refractivity contribution in [2.24, 2.45) is 0 Å². The SMILES string of the molecule is O=C1CSC(=O)N1c1cccc2ccccc12. The van der Waals surface area contributed by atoms with Crippen LogP contribution in [0.15, 0.2) is 42.5 Å². The van der Waals surface area contributed by atoms with Crippen LogP contribution >= 0.6 is 11.8 Å². The van der Waals surface area contributed by atoms with Crippen molar-refractivity contribution in [3.8, 4) is 0 Å². The van der Waals surface area contributed by atoms with Gasteiger partial charge in [0.15, 0.2) is 0 Å². The molecule has 1 heterocycles.